The number of hydrogen-bond donors (Lipinski definition) is 0. The number of carbonyl (C=O) groups excluding carboxylic acids is 1. The number of nitrogens with zero attached hydrogens (tertiary/aromatic N) is 1. The SMILES string of the molecule is O=Cc1ccc(Oc2cc(F)c(Cl)cc2Br)c([N+](=O)[O-])c1. The molecule has 0 spiro atoms. The van der Waals surface area contributed by atoms with Crippen molar-refractivity contribution in [2.45, 2.75) is 0 Å². The molecule has 2 rings (SSSR count). The topological polar surface area (TPSA) is 69.4 Å². The van der Waals surface area contributed by atoms with E-state index in [0.717, 1.165) is 12.1 Å². The average molecular weight is 375 g/mol. The molecule has 0 heterocycles. The lowest BCUT2D eigenvalue weighted by atomic mass is 10.2. The Kier molecular flexibility index (Phi) is 4.54. The van der Waals surface area contributed by atoms with E-state index in [1.807, 2.05) is 0 Å². The molecule has 0 aliphatic heterocycles. The van der Waals surface area contributed by atoms with E-state index in [1.165, 1.54) is 18.2 Å². The van der Waals surface area contributed by atoms with Gasteiger partial charge in [-0.2, -0.15) is 0 Å². The van der Waals surface area contributed by atoms with Crippen molar-refractivity contribution in [3.63, 3.8) is 0 Å². The Balaban J connectivity index is 2.46. The van der Waals surface area contributed by atoms with Crippen molar-refractivity contribution < 1.29 is 18.8 Å². The molecule has 0 bridgehead atoms. The second-order valence-corrected chi connectivity index (χ2v) is 5.16. The Labute approximate surface area is 131 Å². The minimum absolute atomic E-state index is 0.0267. The average Bonchev–Trinajstić information content (AvgIpc) is 2.44. The largest absolute Gasteiger partial charge is 0.449 e. The van der Waals surface area contributed by atoms with Gasteiger partial charge in [0.2, 0.25) is 5.75 Å². The molecule has 0 N–H and O–H groups in total. The zero-order valence-corrected chi connectivity index (χ0v) is 12.5. The minimum Gasteiger partial charge on any atom is -0.449 e. The zero-order chi connectivity index (χ0) is 15.6. The van der Waals surface area contributed by atoms with Crippen LogP contribution in [0.15, 0.2) is 34.8 Å². The van der Waals surface area contributed by atoms with Crippen LogP contribution in [0.1, 0.15) is 10.4 Å². The van der Waals surface area contributed by atoms with E-state index in [4.69, 9.17) is 16.3 Å². The summed E-state index contributed by atoms with van der Waals surface area (Å²) in [5, 5.41) is 10.9. The first-order valence-corrected chi connectivity index (χ1v) is 6.65. The molecule has 0 aromatic heterocycles. The standard InChI is InChI=1S/C13H6BrClFNO4/c14-8-4-9(15)10(16)5-13(8)21-12-2-1-7(6-18)3-11(12)17(19)20/h1-6H. The number of nitro benzene ring substituents is 1. The van der Waals surface area contributed by atoms with Gasteiger partial charge in [-0.3, -0.25) is 14.9 Å². The summed E-state index contributed by atoms with van der Waals surface area (Å²) in [7, 11) is 0. The lowest BCUT2D eigenvalue weighted by Crippen LogP contribution is -1.96. The smallest absolute Gasteiger partial charge is 0.312 e. The normalized spacial score (nSPS) is 10.2. The van der Waals surface area contributed by atoms with Crippen LogP contribution in [0, 0.1) is 15.9 Å². The summed E-state index contributed by atoms with van der Waals surface area (Å²) in [4.78, 5) is 20.9. The highest BCUT2D eigenvalue weighted by atomic mass is 79.9. The van der Waals surface area contributed by atoms with Gasteiger partial charge in [-0.05, 0) is 34.1 Å². The summed E-state index contributed by atoms with van der Waals surface area (Å²) >= 11 is 8.73. The molecule has 0 aliphatic rings. The second-order valence-electron chi connectivity index (χ2n) is 3.90. The van der Waals surface area contributed by atoms with E-state index in [1.54, 1.807) is 0 Å². The maximum atomic E-state index is 13.4. The van der Waals surface area contributed by atoms with Crippen LogP contribution in [0.25, 0.3) is 0 Å². The molecule has 8 heteroatoms. The molecule has 0 fully saturated rings. The van der Waals surface area contributed by atoms with Crippen LogP contribution >= 0.6 is 27.5 Å². The summed E-state index contributed by atoms with van der Waals surface area (Å²) in [5.41, 5.74) is -0.266. The zero-order valence-electron chi connectivity index (χ0n) is 10.2. The van der Waals surface area contributed by atoms with Gasteiger partial charge >= 0.3 is 5.69 Å². The van der Waals surface area contributed by atoms with Crippen molar-refractivity contribution in [3.8, 4) is 11.5 Å². The van der Waals surface area contributed by atoms with Gasteiger partial charge in [0.15, 0.2) is 0 Å². The van der Waals surface area contributed by atoms with Crippen LogP contribution in [0.2, 0.25) is 5.02 Å². The van der Waals surface area contributed by atoms with Gasteiger partial charge in [-0.25, -0.2) is 4.39 Å². The van der Waals surface area contributed by atoms with E-state index in [0.29, 0.717) is 10.8 Å². The highest BCUT2D eigenvalue weighted by molar-refractivity contribution is 9.10. The number of hydrogen-bond acceptors (Lipinski definition) is 4. The summed E-state index contributed by atoms with van der Waals surface area (Å²) in [5.74, 6) is -0.811. The van der Waals surface area contributed by atoms with Crippen molar-refractivity contribution in [2.75, 3.05) is 0 Å². The third-order valence-corrected chi connectivity index (χ3v) is 3.42. The number of ether oxygens (including phenoxy) is 1. The molecule has 0 saturated carbocycles. The van der Waals surface area contributed by atoms with Gasteiger partial charge in [-0.1, -0.05) is 11.6 Å². The molecule has 0 radical (unpaired) electrons. The van der Waals surface area contributed by atoms with E-state index in [9.17, 15) is 19.3 Å². The number of aldehydes is 1. The third-order valence-electron chi connectivity index (χ3n) is 2.51. The molecule has 0 unspecified atom stereocenters. The van der Waals surface area contributed by atoms with Crippen molar-refractivity contribution in [3.05, 3.63) is 61.3 Å². The first-order chi connectivity index (χ1) is 9.92. The Morgan fingerprint density at radius 2 is 2.00 bits per heavy atom. The van der Waals surface area contributed by atoms with Gasteiger partial charge in [0.25, 0.3) is 0 Å². The van der Waals surface area contributed by atoms with Crippen LogP contribution in [0.5, 0.6) is 11.5 Å². The maximum Gasteiger partial charge on any atom is 0.312 e. The van der Waals surface area contributed by atoms with Crippen LogP contribution in [-0.2, 0) is 0 Å². The predicted octanol–water partition coefficient (Wildman–Crippen LogP) is 4.75. The molecule has 2 aromatic rings. The fourth-order valence-corrected chi connectivity index (χ4v) is 2.26. The summed E-state index contributed by atoms with van der Waals surface area (Å²) in [6.07, 6.45) is 0.481. The van der Waals surface area contributed by atoms with Crippen molar-refractivity contribution in [1.29, 1.82) is 0 Å². The second kappa shape index (κ2) is 6.19. The molecule has 21 heavy (non-hydrogen) atoms. The van der Waals surface area contributed by atoms with Crippen molar-refractivity contribution in [2.24, 2.45) is 0 Å². The first kappa shape index (κ1) is 15.4. The fraction of sp³-hybridized carbons (Fsp3) is 0. The van der Waals surface area contributed by atoms with E-state index in [-0.39, 0.29) is 22.1 Å². The molecular formula is C13H6BrClFNO4. The summed E-state index contributed by atoms with van der Waals surface area (Å²) < 4.78 is 19.1. The fourth-order valence-electron chi connectivity index (χ4n) is 1.54. The van der Waals surface area contributed by atoms with Crippen LogP contribution in [0.3, 0.4) is 0 Å². The molecule has 108 valence electrons. The molecule has 5 nitrogen and oxygen atoms in total. The number of benzene rings is 2. The lowest BCUT2D eigenvalue weighted by Gasteiger charge is -2.09. The Bertz CT molecular complexity index is 738. The first-order valence-electron chi connectivity index (χ1n) is 5.48. The Hall–Kier alpha value is -1.99. The Morgan fingerprint density at radius 3 is 2.62 bits per heavy atom. The van der Waals surface area contributed by atoms with E-state index >= 15 is 0 Å². The molecule has 0 aliphatic carbocycles. The van der Waals surface area contributed by atoms with Crippen LogP contribution in [0.4, 0.5) is 10.1 Å². The van der Waals surface area contributed by atoms with E-state index < -0.39 is 16.4 Å². The molecule has 0 amide bonds. The van der Waals surface area contributed by atoms with Gasteiger partial charge < -0.3 is 4.74 Å². The van der Waals surface area contributed by atoms with Gasteiger partial charge in [0, 0.05) is 17.7 Å². The quantitative estimate of drug-likeness (QED) is 0.335. The summed E-state index contributed by atoms with van der Waals surface area (Å²) in [6.45, 7) is 0. The number of carbonyl (C=O) groups is 1. The van der Waals surface area contributed by atoms with Gasteiger partial charge in [-0.15, -0.1) is 0 Å². The Morgan fingerprint density at radius 1 is 1.29 bits per heavy atom. The van der Waals surface area contributed by atoms with Crippen LogP contribution in [-0.4, -0.2) is 11.2 Å². The van der Waals surface area contributed by atoms with Gasteiger partial charge in [0.1, 0.15) is 17.9 Å². The van der Waals surface area contributed by atoms with Crippen LogP contribution < -0.4 is 4.74 Å². The highest BCUT2D eigenvalue weighted by Crippen LogP contribution is 2.37. The monoisotopic (exact) mass is 373 g/mol. The lowest BCUT2D eigenvalue weighted by molar-refractivity contribution is -0.385. The van der Waals surface area contributed by atoms with Crippen molar-refractivity contribution in [1.82, 2.24) is 0 Å². The number of halogens is 3. The molecule has 0 atom stereocenters. The van der Waals surface area contributed by atoms with Crippen molar-refractivity contribution >= 4 is 39.5 Å². The highest BCUT2D eigenvalue weighted by Gasteiger charge is 2.18. The summed E-state index contributed by atoms with van der Waals surface area (Å²) in [6, 6.07) is 5.97. The number of nitro groups is 1. The third kappa shape index (κ3) is 3.37. The maximum absolute atomic E-state index is 13.4. The molecular weight excluding hydrogens is 369 g/mol. The van der Waals surface area contributed by atoms with Gasteiger partial charge in [0.05, 0.1) is 14.4 Å². The minimum atomic E-state index is -0.720. The number of rotatable bonds is 4. The van der Waals surface area contributed by atoms with E-state index in [2.05, 4.69) is 15.9 Å². The molecule has 2 aromatic carbocycles. The molecule has 0 saturated heterocycles. The predicted molar refractivity (Wildman–Crippen MR) is 77.7 cm³/mol.